The Morgan fingerprint density at radius 2 is 1.83 bits per heavy atom. The van der Waals surface area contributed by atoms with E-state index in [1.807, 2.05) is 32.0 Å². The molecule has 1 N–H and O–H groups in total. The summed E-state index contributed by atoms with van der Waals surface area (Å²) in [6, 6.07) is 10.3. The SMILES string of the molecule is Cc1cccc(NC(=O)CN(C)C(=O)c2ccc(Cl)cc2Cl)c1C. The van der Waals surface area contributed by atoms with Gasteiger partial charge in [-0.15, -0.1) is 0 Å². The van der Waals surface area contributed by atoms with Gasteiger partial charge in [0.15, 0.2) is 0 Å². The van der Waals surface area contributed by atoms with E-state index in [2.05, 4.69) is 5.32 Å². The third kappa shape index (κ3) is 4.28. The van der Waals surface area contributed by atoms with Gasteiger partial charge in [-0.2, -0.15) is 0 Å². The number of aryl methyl sites for hydroxylation is 1. The summed E-state index contributed by atoms with van der Waals surface area (Å²) < 4.78 is 0. The van der Waals surface area contributed by atoms with Gasteiger partial charge in [-0.3, -0.25) is 9.59 Å². The molecule has 0 aliphatic carbocycles. The number of nitrogens with zero attached hydrogens (tertiary/aromatic N) is 1. The molecule has 0 aromatic heterocycles. The zero-order valence-corrected chi connectivity index (χ0v) is 15.2. The van der Waals surface area contributed by atoms with Crippen molar-refractivity contribution in [2.24, 2.45) is 0 Å². The Balaban J connectivity index is 2.05. The normalized spacial score (nSPS) is 10.4. The van der Waals surface area contributed by atoms with Crippen molar-refractivity contribution in [3.8, 4) is 0 Å². The quantitative estimate of drug-likeness (QED) is 0.877. The van der Waals surface area contributed by atoms with E-state index >= 15 is 0 Å². The Kier molecular flexibility index (Phi) is 5.86. The first-order chi connectivity index (χ1) is 11.3. The molecule has 0 saturated heterocycles. The number of likely N-dealkylation sites (N-methyl/N-ethyl adjacent to an activating group) is 1. The van der Waals surface area contributed by atoms with Crippen LogP contribution < -0.4 is 5.32 Å². The second-order valence-electron chi connectivity index (χ2n) is 5.58. The van der Waals surface area contributed by atoms with E-state index in [1.165, 1.54) is 11.0 Å². The van der Waals surface area contributed by atoms with Gasteiger partial charge in [-0.1, -0.05) is 35.3 Å². The highest BCUT2D eigenvalue weighted by Crippen LogP contribution is 2.22. The molecular formula is C18H18Cl2N2O2. The lowest BCUT2D eigenvalue weighted by molar-refractivity contribution is -0.116. The number of amides is 2. The van der Waals surface area contributed by atoms with Crippen molar-refractivity contribution in [1.29, 1.82) is 0 Å². The minimum absolute atomic E-state index is 0.0782. The fraction of sp³-hybridized carbons (Fsp3) is 0.222. The molecule has 0 bridgehead atoms. The Morgan fingerprint density at radius 3 is 2.50 bits per heavy atom. The summed E-state index contributed by atoms with van der Waals surface area (Å²) in [7, 11) is 1.55. The number of carbonyl (C=O) groups is 2. The van der Waals surface area contributed by atoms with E-state index in [9.17, 15) is 9.59 Å². The van der Waals surface area contributed by atoms with Gasteiger partial charge in [0.05, 0.1) is 17.1 Å². The Hall–Kier alpha value is -2.04. The van der Waals surface area contributed by atoms with Crippen molar-refractivity contribution in [2.45, 2.75) is 13.8 Å². The van der Waals surface area contributed by atoms with Crippen LogP contribution in [0.25, 0.3) is 0 Å². The molecule has 0 fully saturated rings. The third-order valence-corrected chi connectivity index (χ3v) is 4.32. The van der Waals surface area contributed by atoms with Gasteiger partial charge in [0.2, 0.25) is 5.91 Å². The summed E-state index contributed by atoms with van der Waals surface area (Å²) in [5.74, 6) is -0.614. The van der Waals surface area contributed by atoms with E-state index in [-0.39, 0.29) is 23.4 Å². The minimum atomic E-state index is -0.340. The van der Waals surface area contributed by atoms with Crippen LogP contribution in [0.5, 0.6) is 0 Å². The monoisotopic (exact) mass is 364 g/mol. The highest BCUT2D eigenvalue weighted by molar-refractivity contribution is 6.36. The van der Waals surface area contributed by atoms with E-state index in [0.29, 0.717) is 10.6 Å². The van der Waals surface area contributed by atoms with Gasteiger partial charge >= 0.3 is 0 Å². The van der Waals surface area contributed by atoms with Crippen LogP contribution in [0.2, 0.25) is 10.0 Å². The van der Waals surface area contributed by atoms with Crippen molar-refractivity contribution < 1.29 is 9.59 Å². The molecule has 2 rings (SSSR count). The van der Waals surface area contributed by atoms with Crippen LogP contribution in [-0.2, 0) is 4.79 Å². The first-order valence-corrected chi connectivity index (χ1v) is 8.11. The van der Waals surface area contributed by atoms with E-state index in [0.717, 1.165) is 16.8 Å². The molecule has 0 unspecified atom stereocenters. The Labute approximate surface area is 151 Å². The molecular weight excluding hydrogens is 347 g/mol. The lowest BCUT2D eigenvalue weighted by Gasteiger charge is -2.18. The van der Waals surface area contributed by atoms with Gasteiger partial charge in [-0.05, 0) is 49.2 Å². The van der Waals surface area contributed by atoms with Gasteiger partial charge in [0, 0.05) is 17.8 Å². The van der Waals surface area contributed by atoms with Crippen molar-refractivity contribution in [2.75, 3.05) is 18.9 Å². The van der Waals surface area contributed by atoms with E-state index < -0.39 is 0 Å². The largest absolute Gasteiger partial charge is 0.332 e. The number of anilines is 1. The number of hydrogen-bond donors (Lipinski definition) is 1. The third-order valence-electron chi connectivity index (χ3n) is 3.77. The summed E-state index contributed by atoms with van der Waals surface area (Å²) >= 11 is 11.9. The molecule has 2 amide bonds. The van der Waals surface area contributed by atoms with Crippen LogP contribution in [0.1, 0.15) is 21.5 Å². The van der Waals surface area contributed by atoms with E-state index in [1.54, 1.807) is 19.2 Å². The summed E-state index contributed by atoms with van der Waals surface area (Å²) in [4.78, 5) is 25.9. The van der Waals surface area contributed by atoms with Crippen LogP contribution >= 0.6 is 23.2 Å². The average Bonchev–Trinajstić information content (AvgIpc) is 2.51. The number of benzene rings is 2. The van der Waals surface area contributed by atoms with Crippen LogP contribution in [0.4, 0.5) is 5.69 Å². The summed E-state index contributed by atoms with van der Waals surface area (Å²) in [5, 5.41) is 3.53. The first kappa shape index (κ1) is 18.3. The predicted molar refractivity (Wildman–Crippen MR) is 98.0 cm³/mol. The number of hydrogen-bond acceptors (Lipinski definition) is 2. The molecule has 0 heterocycles. The summed E-state index contributed by atoms with van der Waals surface area (Å²) in [5.41, 5.74) is 3.14. The van der Waals surface area contributed by atoms with Gasteiger partial charge in [0.1, 0.15) is 0 Å². The summed E-state index contributed by atoms with van der Waals surface area (Å²) in [6.07, 6.45) is 0. The molecule has 24 heavy (non-hydrogen) atoms. The first-order valence-electron chi connectivity index (χ1n) is 7.36. The lowest BCUT2D eigenvalue weighted by atomic mass is 10.1. The summed E-state index contributed by atoms with van der Waals surface area (Å²) in [6.45, 7) is 3.83. The van der Waals surface area contributed by atoms with Gasteiger partial charge in [0.25, 0.3) is 5.91 Å². The zero-order valence-electron chi connectivity index (χ0n) is 13.7. The topological polar surface area (TPSA) is 49.4 Å². The molecule has 0 aliphatic heterocycles. The average molecular weight is 365 g/mol. The Bertz CT molecular complexity index is 791. The second-order valence-corrected chi connectivity index (χ2v) is 6.42. The molecule has 0 atom stereocenters. The van der Waals surface area contributed by atoms with Gasteiger partial charge in [-0.25, -0.2) is 0 Å². The maximum absolute atomic E-state index is 12.4. The smallest absolute Gasteiger partial charge is 0.255 e. The van der Waals surface area contributed by atoms with Crippen molar-refractivity contribution in [3.63, 3.8) is 0 Å². The minimum Gasteiger partial charge on any atom is -0.332 e. The highest BCUT2D eigenvalue weighted by atomic mass is 35.5. The number of halogens is 2. The zero-order chi connectivity index (χ0) is 17.9. The molecule has 2 aromatic rings. The van der Waals surface area contributed by atoms with Crippen molar-refractivity contribution >= 4 is 40.7 Å². The molecule has 4 nitrogen and oxygen atoms in total. The maximum atomic E-state index is 12.4. The Morgan fingerprint density at radius 1 is 1.12 bits per heavy atom. The molecule has 6 heteroatoms. The van der Waals surface area contributed by atoms with E-state index in [4.69, 9.17) is 23.2 Å². The lowest BCUT2D eigenvalue weighted by Crippen LogP contribution is -2.35. The molecule has 2 aromatic carbocycles. The number of rotatable bonds is 4. The number of nitrogens with one attached hydrogen (secondary N) is 1. The van der Waals surface area contributed by atoms with Crippen LogP contribution in [0, 0.1) is 13.8 Å². The molecule has 0 saturated carbocycles. The standard InChI is InChI=1S/C18H18Cl2N2O2/c1-11-5-4-6-16(12(11)2)21-17(23)10-22(3)18(24)14-8-7-13(19)9-15(14)20/h4-9H,10H2,1-3H3,(H,21,23). The fourth-order valence-electron chi connectivity index (χ4n) is 2.23. The molecule has 0 spiro atoms. The van der Waals surface area contributed by atoms with Crippen LogP contribution in [0.3, 0.4) is 0 Å². The van der Waals surface area contributed by atoms with Crippen LogP contribution in [-0.4, -0.2) is 30.3 Å². The molecule has 126 valence electrons. The van der Waals surface area contributed by atoms with Crippen LogP contribution in [0.15, 0.2) is 36.4 Å². The van der Waals surface area contributed by atoms with Gasteiger partial charge < -0.3 is 10.2 Å². The predicted octanol–water partition coefficient (Wildman–Crippen LogP) is 4.32. The molecule has 0 radical (unpaired) electrons. The molecule has 0 aliphatic rings. The van der Waals surface area contributed by atoms with Crippen molar-refractivity contribution in [1.82, 2.24) is 4.90 Å². The second kappa shape index (κ2) is 7.69. The highest BCUT2D eigenvalue weighted by Gasteiger charge is 2.18. The maximum Gasteiger partial charge on any atom is 0.255 e. The van der Waals surface area contributed by atoms with Crippen molar-refractivity contribution in [3.05, 3.63) is 63.1 Å². The number of carbonyl (C=O) groups excluding carboxylic acids is 2. The fourth-order valence-corrected chi connectivity index (χ4v) is 2.72.